The summed E-state index contributed by atoms with van der Waals surface area (Å²) in [7, 11) is 0. The summed E-state index contributed by atoms with van der Waals surface area (Å²) in [5, 5.41) is 19.1. The maximum atomic E-state index is 14.9. The van der Waals surface area contributed by atoms with E-state index in [1.54, 1.807) is 51.1 Å². The van der Waals surface area contributed by atoms with E-state index in [1.807, 2.05) is 0 Å². The van der Waals surface area contributed by atoms with Crippen LogP contribution in [-0.2, 0) is 41.5 Å². The second-order valence-corrected chi connectivity index (χ2v) is 13.9. The van der Waals surface area contributed by atoms with Gasteiger partial charge in [0, 0.05) is 24.9 Å². The first kappa shape index (κ1) is 47.9. The predicted octanol–water partition coefficient (Wildman–Crippen LogP) is 1.53. The Bertz CT molecular complexity index is 1770. The number of alkyl carbamates (subject to hydrolysis) is 1. The molecule has 2 rings (SSSR count). The summed E-state index contributed by atoms with van der Waals surface area (Å²) < 4.78 is 82.1. The molecular weight excluding hydrogens is 781 g/mol. The lowest BCUT2D eigenvalue weighted by molar-refractivity contribution is -0.133. The van der Waals surface area contributed by atoms with Gasteiger partial charge in [0.25, 0.3) is 0 Å². The van der Waals surface area contributed by atoms with E-state index in [-0.39, 0.29) is 51.7 Å². The Morgan fingerprint density at radius 1 is 0.672 bits per heavy atom. The number of guanidine groups is 1. The van der Waals surface area contributed by atoms with E-state index < -0.39 is 113 Å². The van der Waals surface area contributed by atoms with Crippen molar-refractivity contribution in [3.63, 3.8) is 0 Å². The number of unbranched alkanes of at least 4 members (excludes halogenated alkanes) is 1. The van der Waals surface area contributed by atoms with Crippen LogP contribution in [0.2, 0.25) is 0 Å². The molecule has 12 N–H and O–H groups in total. The van der Waals surface area contributed by atoms with Crippen molar-refractivity contribution in [1.29, 1.82) is 5.41 Å². The quantitative estimate of drug-likeness (QED) is 0.0219. The molecule has 2 aromatic rings. The van der Waals surface area contributed by atoms with Gasteiger partial charge in [-0.15, -0.1) is 0 Å². The number of benzene rings is 2. The number of nitrogens with one attached hydrogen (secondary N) is 6. The molecule has 6 amide bonds. The Morgan fingerprint density at radius 2 is 1.17 bits per heavy atom. The minimum Gasteiger partial charge on any atom is -0.450 e. The second kappa shape index (κ2) is 22.5. The molecule has 4 atom stereocenters. The molecule has 58 heavy (non-hydrogen) atoms. The topological polar surface area (TPSA) is 283 Å². The van der Waals surface area contributed by atoms with Crippen molar-refractivity contribution < 1.29 is 60.2 Å². The number of primary amides is 2. The second-order valence-electron chi connectivity index (χ2n) is 13.9. The zero-order valence-corrected chi connectivity index (χ0v) is 31.9. The zero-order valence-electron chi connectivity index (χ0n) is 31.9. The highest BCUT2D eigenvalue weighted by atomic mass is 19.2. The van der Waals surface area contributed by atoms with E-state index in [4.69, 9.17) is 27.3 Å². The third kappa shape index (κ3) is 16.1. The average Bonchev–Trinajstić information content (AvgIpc) is 3.13. The molecule has 0 aliphatic carbocycles. The molecule has 0 radical (unpaired) electrons. The summed E-state index contributed by atoms with van der Waals surface area (Å²) in [5.41, 5.74) is 13.8. The fourth-order valence-electron chi connectivity index (χ4n) is 5.28. The number of amides is 6. The molecule has 0 saturated heterocycles. The summed E-state index contributed by atoms with van der Waals surface area (Å²) in [6.45, 7) is 4.57. The van der Waals surface area contributed by atoms with Crippen LogP contribution in [0.4, 0.5) is 31.5 Å². The van der Waals surface area contributed by atoms with Gasteiger partial charge in [0.1, 0.15) is 29.8 Å². The molecule has 0 unspecified atom stereocenters. The van der Waals surface area contributed by atoms with Gasteiger partial charge in [0.2, 0.25) is 29.4 Å². The van der Waals surface area contributed by atoms with E-state index in [2.05, 4.69) is 31.3 Å². The van der Waals surface area contributed by atoms with Crippen LogP contribution < -0.4 is 43.8 Å². The van der Waals surface area contributed by atoms with Crippen LogP contribution in [0, 0.1) is 34.5 Å². The van der Waals surface area contributed by atoms with E-state index in [1.165, 1.54) is 0 Å². The molecule has 0 saturated carbocycles. The standard InChI is InChI=1S/C36H48F5N9O8/c1-36(2,3)58-35(56)50-22(16-18-10-5-4-6-11-18)31(53)48-21(13-9-14-46-33(43)44)30(52)49-23(17-19-24(37)26(39)28(41)27(40)25(19)38)32(54)47-20(29(42)51)12-7-8-15-57-34(45)55/h4-6,10-11,20-23H,7-9,12-17H2,1-3H3,(H2,42,51)(H2,45,55)(H,47,54)(H,48,53)(H,49,52)(H,50,56)(H4,43,44,46)/t20-,21+,22-,23-/m0/s1. The number of rotatable bonds is 21. The number of carbonyl (C=O) groups is 6. The third-order valence-electron chi connectivity index (χ3n) is 8.04. The largest absolute Gasteiger partial charge is 0.450 e. The molecule has 2 aromatic carbocycles. The summed E-state index contributed by atoms with van der Waals surface area (Å²) in [6, 6.07) is 1.70. The fourth-order valence-corrected chi connectivity index (χ4v) is 5.28. The zero-order chi connectivity index (χ0) is 43.7. The van der Waals surface area contributed by atoms with Gasteiger partial charge in [-0.2, -0.15) is 0 Å². The number of hydrogen-bond donors (Lipinski definition) is 9. The first-order chi connectivity index (χ1) is 27.1. The first-order valence-corrected chi connectivity index (χ1v) is 17.9. The van der Waals surface area contributed by atoms with Crippen molar-refractivity contribution in [3.05, 3.63) is 70.5 Å². The Morgan fingerprint density at radius 3 is 1.71 bits per heavy atom. The monoisotopic (exact) mass is 829 g/mol. The molecular formula is C36H48F5N9O8. The number of halogens is 5. The molecule has 320 valence electrons. The minimum atomic E-state index is -2.48. The summed E-state index contributed by atoms with van der Waals surface area (Å²) in [4.78, 5) is 77.2. The Kier molecular flexibility index (Phi) is 18.6. The van der Waals surface area contributed by atoms with Gasteiger partial charge < -0.3 is 53.3 Å². The van der Waals surface area contributed by atoms with E-state index in [0.29, 0.717) is 5.56 Å². The molecule has 0 bridgehead atoms. The van der Waals surface area contributed by atoms with Gasteiger partial charge in [0.15, 0.2) is 29.2 Å². The van der Waals surface area contributed by atoms with Gasteiger partial charge >= 0.3 is 12.2 Å². The molecule has 0 heterocycles. The maximum absolute atomic E-state index is 14.9. The number of nitrogens with two attached hydrogens (primary N) is 3. The van der Waals surface area contributed by atoms with Crippen LogP contribution in [0.15, 0.2) is 30.3 Å². The number of hydrogen-bond acceptors (Lipinski definition) is 9. The van der Waals surface area contributed by atoms with E-state index >= 15 is 0 Å². The van der Waals surface area contributed by atoms with Crippen LogP contribution in [-0.4, -0.2) is 84.7 Å². The predicted molar refractivity (Wildman–Crippen MR) is 197 cm³/mol. The van der Waals surface area contributed by atoms with E-state index in [0.717, 1.165) is 0 Å². The third-order valence-corrected chi connectivity index (χ3v) is 8.04. The summed E-state index contributed by atoms with van der Waals surface area (Å²) in [6.07, 6.45) is -3.73. The smallest absolute Gasteiger partial charge is 0.408 e. The van der Waals surface area contributed by atoms with Gasteiger partial charge in [0.05, 0.1) is 6.61 Å². The van der Waals surface area contributed by atoms with Crippen molar-refractivity contribution in [3.8, 4) is 0 Å². The Balaban J connectivity index is 2.52. The normalized spacial score (nSPS) is 13.2. The molecule has 17 nitrogen and oxygen atoms in total. The van der Waals surface area contributed by atoms with E-state index in [9.17, 15) is 50.7 Å². The Hall–Kier alpha value is -6.22. The van der Waals surface area contributed by atoms with Gasteiger partial charge in [-0.3, -0.25) is 24.6 Å². The Labute approximate surface area is 330 Å². The fraction of sp³-hybridized carbons (Fsp3) is 0.472. The number of ether oxygens (including phenoxy) is 2. The van der Waals surface area contributed by atoms with Crippen LogP contribution in [0.3, 0.4) is 0 Å². The van der Waals surface area contributed by atoms with Crippen molar-refractivity contribution in [2.24, 2.45) is 17.2 Å². The van der Waals surface area contributed by atoms with Crippen LogP contribution >= 0.6 is 0 Å². The lowest BCUT2D eigenvalue weighted by Gasteiger charge is -2.27. The molecule has 0 aliphatic rings. The van der Waals surface area contributed by atoms with Crippen molar-refractivity contribution in [2.45, 2.75) is 95.5 Å². The molecule has 0 aromatic heterocycles. The first-order valence-electron chi connectivity index (χ1n) is 17.9. The highest BCUT2D eigenvalue weighted by molar-refractivity contribution is 5.95. The molecule has 0 spiro atoms. The molecule has 22 heteroatoms. The van der Waals surface area contributed by atoms with Gasteiger partial charge in [-0.1, -0.05) is 30.3 Å². The average molecular weight is 830 g/mol. The van der Waals surface area contributed by atoms with Crippen LogP contribution in [0.5, 0.6) is 0 Å². The maximum Gasteiger partial charge on any atom is 0.408 e. The van der Waals surface area contributed by atoms with Crippen LogP contribution in [0.1, 0.15) is 64.0 Å². The molecule has 0 aliphatic heterocycles. The van der Waals surface area contributed by atoms with Gasteiger partial charge in [-0.25, -0.2) is 31.5 Å². The van der Waals surface area contributed by atoms with Crippen molar-refractivity contribution in [2.75, 3.05) is 13.2 Å². The summed E-state index contributed by atoms with van der Waals surface area (Å²) in [5.74, 6) is -16.8. The minimum absolute atomic E-state index is 0.0124. The van der Waals surface area contributed by atoms with Gasteiger partial charge in [-0.05, 0) is 58.4 Å². The molecule has 0 fully saturated rings. The highest BCUT2D eigenvalue weighted by Crippen LogP contribution is 2.24. The highest BCUT2D eigenvalue weighted by Gasteiger charge is 2.35. The lowest BCUT2D eigenvalue weighted by Crippen LogP contribution is -2.59. The van der Waals surface area contributed by atoms with Crippen LogP contribution in [0.25, 0.3) is 0 Å². The number of carbonyl (C=O) groups excluding carboxylic acids is 6. The lowest BCUT2D eigenvalue weighted by atomic mass is 10.0. The summed E-state index contributed by atoms with van der Waals surface area (Å²) >= 11 is 0. The SMILES string of the molecule is CC(C)(C)OC(=O)N[C@@H](Cc1ccccc1)C(=O)N[C@H](CCCNC(=N)N)C(=O)N[C@@H](Cc1c(F)c(F)c(F)c(F)c1F)C(=O)N[C@@H](CCCCOC(N)=O)C(N)=O. The van der Waals surface area contributed by atoms with Crippen molar-refractivity contribution in [1.82, 2.24) is 26.6 Å². The van der Waals surface area contributed by atoms with Crippen molar-refractivity contribution >= 4 is 41.8 Å².